The number of ketones is 1. The minimum absolute atomic E-state index is 0.00150. The zero-order chi connectivity index (χ0) is 13.9. The first kappa shape index (κ1) is 14.7. The van der Waals surface area contributed by atoms with Crippen LogP contribution in [-0.4, -0.2) is 16.9 Å². The number of carbonyl (C=O) groups excluding carboxylic acids is 1. The van der Waals surface area contributed by atoms with Crippen molar-refractivity contribution < 1.29 is 14.7 Å². The predicted octanol–water partition coefficient (Wildman–Crippen LogP) is 3.36. The van der Waals surface area contributed by atoms with Crippen molar-refractivity contribution in [1.82, 2.24) is 0 Å². The number of hydrogen-bond donors (Lipinski definition) is 1. The van der Waals surface area contributed by atoms with Crippen LogP contribution in [0.25, 0.3) is 0 Å². The molecular weight excluding hydrogens is 228 g/mol. The molecule has 3 nitrogen and oxygen atoms in total. The molecule has 0 unspecified atom stereocenters. The molecule has 0 aromatic heterocycles. The number of carboxylic acid groups (broad SMARTS) is 1. The van der Waals surface area contributed by atoms with E-state index in [1.54, 1.807) is 6.08 Å². The molecule has 0 aromatic rings. The van der Waals surface area contributed by atoms with Gasteiger partial charge in [0.15, 0.2) is 5.78 Å². The van der Waals surface area contributed by atoms with Gasteiger partial charge in [0.25, 0.3) is 0 Å². The topological polar surface area (TPSA) is 54.4 Å². The van der Waals surface area contributed by atoms with Gasteiger partial charge in [0.2, 0.25) is 0 Å². The van der Waals surface area contributed by atoms with Crippen LogP contribution >= 0.6 is 0 Å². The van der Waals surface area contributed by atoms with E-state index >= 15 is 0 Å². The molecule has 0 spiro atoms. The van der Waals surface area contributed by atoms with Crippen molar-refractivity contribution in [2.45, 2.75) is 47.0 Å². The Hall–Kier alpha value is -1.38. The number of allylic oxidation sites excluding steroid dienone is 3. The van der Waals surface area contributed by atoms with Crippen LogP contribution in [0.3, 0.4) is 0 Å². The van der Waals surface area contributed by atoms with Crippen molar-refractivity contribution >= 4 is 11.8 Å². The second-order valence-electron chi connectivity index (χ2n) is 5.65. The van der Waals surface area contributed by atoms with E-state index in [1.807, 2.05) is 13.8 Å². The van der Waals surface area contributed by atoms with E-state index < -0.39 is 5.97 Å². The molecule has 1 aliphatic rings. The first-order valence-corrected chi connectivity index (χ1v) is 6.37. The van der Waals surface area contributed by atoms with Gasteiger partial charge in [-0.25, -0.2) is 4.79 Å². The van der Waals surface area contributed by atoms with E-state index in [2.05, 4.69) is 13.8 Å². The van der Waals surface area contributed by atoms with Crippen LogP contribution in [0.1, 0.15) is 47.0 Å². The normalized spacial score (nSPS) is 29.1. The molecule has 0 heterocycles. The number of carboxylic acids is 1. The van der Waals surface area contributed by atoms with Crippen LogP contribution in [0.2, 0.25) is 0 Å². The number of aliphatic carboxylic acids is 1. The monoisotopic (exact) mass is 250 g/mol. The van der Waals surface area contributed by atoms with E-state index in [0.717, 1.165) is 24.0 Å². The minimum atomic E-state index is -0.892. The lowest BCUT2D eigenvalue weighted by Gasteiger charge is -2.39. The molecule has 1 N–H and O–H groups in total. The van der Waals surface area contributed by atoms with Gasteiger partial charge in [-0.3, -0.25) is 4.79 Å². The zero-order valence-corrected chi connectivity index (χ0v) is 11.6. The van der Waals surface area contributed by atoms with E-state index in [4.69, 9.17) is 5.11 Å². The highest BCUT2D eigenvalue weighted by Gasteiger charge is 2.36. The highest BCUT2D eigenvalue weighted by Crippen LogP contribution is 2.44. The van der Waals surface area contributed by atoms with Crippen LogP contribution < -0.4 is 0 Å². The molecule has 0 amide bonds. The standard InChI is InChI=1S/C15H22O3/c1-10(7-14(17)18)5-6-15(4)11(2)8-13(16)9-12(15)3/h7-8,12H,5-6,9H2,1-4H3,(H,17,18)/b10-7+/t12-,15-/m1/s1. The fourth-order valence-corrected chi connectivity index (χ4v) is 2.56. The number of rotatable bonds is 4. The Bertz CT molecular complexity index is 417. The predicted molar refractivity (Wildman–Crippen MR) is 71.3 cm³/mol. The van der Waals surface area contributed by atoms with E-state index in [9.17, 15) is 9.59 Å². The lowest BCUT2D eigenvalue weighted by atomic mass is 9.64. The average molecular weight is 250 g/mol. The zero-order valence-electron chi connectivity index (χ0n) is 11.6. The lowest BCUT2D eigenvalue weighted by Crippen LogP contribution is -2.32. The molecule has 1 aliphatic carbocycles. The molecule has 100 valence electrons. The van der Waals surface area contributed by atoms with E-state index in [-0.39, 0.29) is 11.2 Å². The molecule has 0 bridgehead atoms. The summed E-state index contributed by atoms with van der Waals surface area (Å²) in [6.07, 6.45) is 5.25. The fraction of sp³-hybridized carbons (Fsp3) is 0.600. The average Bonchev–Trinajstić information content (AvgIpc) is 2.22. The molecule has 18 heavy (non-hydrogen) atoms. The summed E-state index contributed by atoms with van der Waals surface area (Å²) in [5.74, 6) is -0.375. The number of carbonyl (C=O) groups is 2. The summed E-state index contributed by atoms with van der Waals surface area (Å²) in [6.45, 7) is 8.12. The van der Waals surface area contributed by atoms with Crippen molar-refractivity contribution in [2.75, 3.05) is 0 Å². The maximum absolute atomic E-state index is 11.5. The molecular formula is C15H22O3. The van der Waals surface area contributed by atoms with Gasteiger partial charge in [0.05, 0.1) is 0 Å². The molecule has 2 atom stereocenters. The molecule has 0 saturated carbocycles. The van der Waals surface area contributed by atoms with E-state index in [1.165, 1.54) is 6.08 Å². The van der Waals surface area contributed by atoms with Crippen LogP contribution in [0.4, 0.5) is 0 Å². The van der Waals surface area contributed by atoms with Crippen molar-refractivity contribution in [2.24, 2.45) is 11.3 Å². The SMILES string of the molecule is CC1=CC(=O)C[C@@H](C)[C@]1(C)CC/C(C)=C/C(=O)O. The molecule has 0 aromatic carbocycles. The molecule has 3 heteroatoms. The van der Waals surface area contributed by atoms with Gasteiger partial charge >= 0.3 is 5.97 Å². The second kappa shape index (κ2) is 5.51. The maximum Gasteiger partial charge on any atom is 0.328 e. The third-order valence-corrected chi connectivity index (χ3v) is 4.28. The lowest BCUT2D eigenvalue weighted by molar-refractivity contribution is -0.131. The quantitative estimate of drug-likeness (QED) is 0.778. The third-order valence-electron chi connectivity index (χ3n) is 4.28. The Labute approximate surface area is 109 Å². The molecule has 0 saturated heterocycles. The Morgan fingerprint density at radius 3 is 2.72 bits per heavy atom. The summed E-state index contributed by atoms with van der Waals surface area (Å²) >= 11 is 0. The molecule has 0 radical (unpaired) electrons. The van der Waals surface area contributed by atoms with Gasteiger partial charge in [-0.15, -0.1) is 0 Å². The number of hydrogen-bond acceptors (Lipinski definition) is 2. The minimum Gasteiger partial charge on any atom is -0.478 e. The van der Waals surface area contributed by atoms with Crippen molar-refractivity contribution in [3.63, 3.8) is 0 Å². The van der Waals surface area contributed by atoms with Gasteiger partial charge in [0.1, 0.15) is 0 Å². The first-order chi connectivity index (χ1) is 8.25. The Kier molecular flexibility index (Phi) is 4.49. The van der Waals surface area contributed by atoms with Crippen LogP contribution in [0.15, 0.2) is 23.3 Å². The van der Waals surface area contributed by atoms with Crippen molar-refractivity contribution in [3.05, 3.63) is 23.3 Å². The highest BCUT2D eigenvalue weighted by atomic mass is 16.4. The summed E-state index contributed by atoms with van der Waals surface area (Å²) in [5.41, 5.74) is 2.00. The van der Waals surface area contributed by atoms with Gasteiger partial charge in [-0.1, -0.05) is 25.0 Å². The Morgan fingerprint density at radius 1 is 1.61 bits per heavy atom. The van der Waals surface area contributed by atoms with E-state index in [0.29, 0.717) is 12.3 Å². The first-order valence-electron chi connectivity index (χ1n) is 6.37. The summed E-state index contributed by atoms with van der Waals surface area (Å²) < 4.78 is 0. The highest BCUT2D eigenvalue weighted by molar-refractivity contribution is 5.91. The van der Waals surface area contributed by atoms with Gasteiger partial charge in [0, 0.05) is 12.5 Å². The van der Waals surface area contributed by atoms with Gasteiger partial charge in [-0.2, -0.15) is 0 Å². The summed E-state index contributed by atoms with van der Waals surface area (Å²) in [5, 5.41) is 8.69. The van der Waals surface area contributed by atoms with Crippen LogP contribution in [0, 0.1) is 11.3 Å². The molecule has 0 aliphatic heterocycles. The van der Waals surface area contributed by atoms with Gasteiger partial charge in [-0.05, 0) is 44.1 Å². The largest absolute Gasteiger partial charge is 0.478 e. The molecule has 0 fully saturated rings. The van der Waals surface area contributed by atoms with Crippen molar-refractivity contribution in [3.8, 4) is 0 Å². The van der Waals surface area contributed by atoms with Crippen LogP contribution in [-0.2, 0) is 9.59 Å². The molecule has 1 rings (SSSR count). The van der Waals surface area contributed by atoms with Crippen molar-refractivity contribution in [1.29, 1.82) is 0 Å². The van der Waals surface area contributed by atoms with Crippen LogP contribution in [0.5, 0.6) is 0 Å². The van der Waals surface area contributed by atoms with Gasteiger partial charge < -0.3 is 5.11 Å². The third kappa shape index (κ3) is 3.31. The Balaban J connectivity index is 2.79. The smallest absolute Gasteiger partial charge is 0.328 e. The summed E-state index contributed by atoms with van der Waals surface area (Å²) in [6, 6.07) is 0. The second-order valence-corrected chi connectivity index (χ2v) is 5.65. The maximum atomic E-state index is 11.5. The fourth-order valence-electron chi connectivity index (χ4n) is 2.56. The summed E-state index contributed by atoms with van der Waals surface area (Å²) in [7, 11) is 0. The summed E-state index contributed by atoms with van der Waals surface area (Å²) in [4.78, 5) is 22.1. The Morgan fingerprint density at radius 2 is 2.22 bits per heavy atom.